The van der Waals surface area contributed by atoms with Gasteiger partial charge in [-0.2, -0.15) is 0 Å². The van der Waals surface area contributed by atoms with Crippen LogP contribution in [0.1, 0.15) is 32.8 Å². The van der Waals surface area contributed by atoms with Gasteiger partial charge in [0.15, 0.2) is 0 Å². The van der Waals surface area contributed by atoms with Crippen LogP contribution in [-0.4, -0.2) is 19.6 Å². The number of fused-ring (bicyclic) bond motifs is 1. The molecule has 0 spiro atoms. The summed E-state index contributed by atoms with van der Waals surface area (Å²) in [5, 5.41) is 3.50. The van der Waals surface area contributed by atoms with E-state index >= 15 is 0 Å². The quantitative estimate of drug-likeness (QED) is 0.857. The van der Waals surface area contributed by atoms with Crippen molar-refractivity contribution < 1.29 is 0 Å². The van der Waals surface area contributed by atoms with Crippen LogP contribution in [0.25, 0.3) is 0 Å². The SMILES string of the molecule is CC(C)C(C)N(C)c1cccc2c1CCCN2. The van der Waals surface area contributed by atoms with Crippen LogP contribution in [0.3, 0.4) is 0 Å². The zero-order valence-corrected chi connectivity index (χ0v) is 11.5. The highest BCUT2D eigenvalue weighted by Gasteiger charge is 2.19. The average molecular weight is 232 g/mol. The summed E-state index contributed by atoms with van der Waals surface area (Å²) in [5.41, 5.74) is 4.22. The molecule has 1 N–H and O–H groups in total. The van der Waals surface area contributed by atoms with Crippen LogP contribution in [0.4, 0.5) is 11.4 Å². The summed E-state index contributed by atoms with van der Waals surface area (Å²) in [6, 6.07) is 7.19. The minimum atomic E-state index is 0.573. The van der Waals surface area contributed by atoms with E-state index in [4.69, 9.17) is 0 Å². The van der Waals surface area contributed by atoms with Crippen molar-refractivity contribution in [2.75, 3.05) is 23.8 Å². The predicted octanol–water partition coefficient (Wildman–Crippen LogP) is 3.53. The molecule has 1 unspecified atom stereocenters. The fraction of sp³-hybridized carbons (Fsp3) is 0.600. The van der Waals surface area contributed by atoms with E-state index in [1.807, 2.05) is 0 Å². The van der Waals surface area contributed by atoms with E-state index in [1.165, 1.54) is 29.8 Å². The van der Waals surface area contributed by atoms with Crippen molar-refractivity contribution >= 4 is 11.4 Å². The van der Waals surface area contributed by atoms with Gasteiger partial charge < -0.3 is 10.2 Å². The Kier molecular flexibility index (Phi) is 3.60. The molecule has 0 saturated heterocycles. The second kappa shape index (κ2) is 4.99. The lowest BCUT2D eigenvalue weighted by molar-refractivity contribution is 0.504. The molecular formula is C15H24N2. The molecular weight excluding hydrogens is 208 g/mol. The molecule has 17 heavy (non-hydrogen) atoms. The van der Waals surface area contributed by atoms with E-state index in [1.54, 1.807) is 0 Å². The number of anilines is 2. The first kappa shape index (κ1) is 12.3. The molecule has 0 bridgehead atoms. The fourth-order valence-corrected chi connectivity index (χ4v) is 2.49. The average Bonchev–Trinajstić information content (AvgIpc) is 2.36. The highest BCUT2D eigenvalue weighted by atomic mass is 15.1. The Hall–Kier alpha value is -1.18. The van der Waals surface area contributed by atoms with E-state index < -0.39 is 0 Å². The van der Waals surface area contributed by atoms with Gasteiger partial charge in [-0.3, -0.25) is 0 Å². The van der Waals surface area contributed by atoms with Gasteiger partial charge in [-0.1, -0.05) is 19.9 Å². The normalized spacial score (nSPS) is 16.3. The van der Waals surface area contributed by atoms with Gasteiger partial charge in [0.05, 0.1) is 0 Å². The topological polar surface area (TPSA) is 15.3 Å². The van der Waals surface area contributed by atoms with Crippen molar-refractivity contribution in [1.82, 2.24) is 0 Å². The van der Waals surface area contributed by atoms with Gasteiger partial charge in [-0.25, -0.2) is 0 Å². The van der Waals surface area contributed by atoms with Crippen LogP contribution < -0.4 is 10.2 Å². The Morgan fingerprint density at radius 3 is 2.71 bits per heavy atom. The lowest BCUT2D eigenvalue weighted by atomic mass is 9.98. The van der Waals surface area contributed by atoms with Gasteiger partial charge in [0.1, 0.15) is 0 Å². The Morgan fingerprint density at radius 2 is 2.00 bits per heavy atom. The van der Waals surface area contributed by atoms with Gasteiger partial charge in [-0.15, -0.1) is 0 Å². The van der Waals surface area contributed by atoms with E-state index in [-0.39, 0.29) is 0 Å². The maximum Gasteiger partial charge on any atom is 0.0419 e. The zero-order valence-electron chi connectivity index (χ0n) is 11.5. The molecule has 0 amide bonds. The summed E-state index contributed by atoms with van der Waals surface area (Å²) in [4.78, 5) is 2.43. The summed E-state index contributed by atoms with van der Waals surface area (Å²) >= 11 is 0. The number of rotatable bonds is 3. The van der Waals surface area contributed by atoms with Crippen molar-refractivity contribution in [1.29, 1.82) is 0 Å². The maximum absolute atomic E-state index is 3.50. The minimum absolute atomic E-state index is 0.573. The molecule has 1 heterocycles. The molecule has 2 nitrogen and oxygen atoms in total. The fourth-order valence-electron chi connectivity index (χ4n) is 2.49. The Morgan fingerprint density at radius 1 is 1.24 bits per heavy atom. The van der Waals surface area contributed by atoms with Gasteiger partial charge in [0.25, 0.3) is 0 Å². The summed E-state index contributed by atoms with van der Waals surface area (Å²) in [6.45, 7) is 7.99. The van der Waals surface area contributed by atoms with Crippen molar-refractivity contribution in [3.63, 3.8) is 0 Å². The molecule has 0 radical (unpaired) electrons. The van der Waals surface area contributed by atoms with Crippen LogP contribution >= 0.6 is 0 Å². The molecule has 1 aliphatic rings. The number of hydrogen-bond donors (Lipinski definition) is 1. The third-order valence-corrected chi connectivity index (χ3v) is 4.03. The first-order chi connectivity index (χ1) is 8.11. The van der Waals surface area contributed by atoms with Gasteiger partial charge >= 0.3 is 0 Å². The Labute approximate surface area is 105 Å². The monoisotopic (exact) mass is 232 g/mol. The third-order valence-electron chi connectivity index (χ3n) is 4.03. The second-order valence-corrected chi connectivity index (χ2v) is 5.43. The molecule has 0 aromatic heterocycles. The van der Waals surface area contributed by atoms with E-state index in [9.17, 15) is 0 Å². The number of nitrogens with zero attached hydrogens (tertiary/aromatic N) is 1. The molecule has 2 heteroatoms. The lowest BCUT2D eigenvalue weighted by Gasteiger charge is -2.33. The minimum Gasteiger partial charge on any atom is -0.385 e. The number of benzene rings is 1. The highest BCUT2D eigenvalue weighted by molar-refractivity contribution is 5.68. The maximum atomic E-state index is 3.50. The lowest BCUT2D eigenvalue weighted by Crippen LogP contribution is -2.34. The molecule has 1 atom stereocenters. The second-order valence-electron chi connectivity index (χ2n) is 5.43. The van der Waals surface area contributed by atoms with Crippen LogP contribution in [0.15, 0.2) is 18.2 Å². The number of hydrogen-bond acceptors (Lipinski definition) is 2. The molecule has 94 valence electrons. The molecule has 0 fully saturated rings. The Bertz CT molecular complexity index is 385. The molecule has 1 aliphatic heterocycles. The molecule has 0 saturated carbocycles. The van der Waals surface area contributed by atoms with E-state index in [0.29, 0.717) is 12.0 Å². The summed E-state index contributed by atoms with van der Waals surface area (Å²) in [6.07, 6.45) is 2.45. The van der Waals surface area contributed by atoms with E-state index in [2.05, 4.69) is 56.2 Å². The van der Waals surface area contributed by atoms with Crippen LogP contribution in [0, 0.1) is 5.92 Å². The zero-order chi connectivity index (χ0) is 12.4. The summed E-state index contributed by atoms with van der Waals surface area (Å²) in [7, 11) is 2.22. The molecule has 1 aromatic rings. The molecule has 0 aliphatic carbocycles. The van der Waals surface area contributed by atoms with Crippen molar-refractivity contribution in [3.05, 3.63) is 23.8 Å². The van der Waals surface area contributed by atoms with Gasteiger partial charge in [-0.05, 0) is 43.4 Å². The van der Waals surface area contributed by atoms with Crippen molar-refractivity contribution in [2.45, 2.75) is 39.7 Å². The first-order valence-electron chi connectivity index (χ1n) is 6.70. The molecule has 2 rings (SSSR count). The predicted molar refractivity (Wildman–Crippen MR) is 76.0 cm³/mol. The van der Waals surface area contributed by atoms with Crippen LogP contribution in [0.2, 0.25) is 0 Å². The van der Waals surface area contributed by atoms with Crippen LogP contribution in [-0.2, 0) is 6.42 Å². The van der Waals surface area contributed by atoms with Crippen LogP contribution in [0.5, 0.6) is 0 Å². The number of nitrogens with one attached hydrogen (secondary N) is 1. The van der Waals surface area contributed by atoms with Crippen molar-refractivity contribution in [2.24, 2.45) is 5.92 Å². The summed E-state index contributed by atoms with van der Waals surface area (Å²) < 4.78 is 0. The largest absolute Gasteiger partial charge is 0.385 e. The Balaban J connectivity index is 2.32. The third kappa shape index (κ3) is 2.41. The smallest absolute Gasteiger partial charge is 0.0419 e. The van der Waals surface area contributed by atoms with E-state index in [0.717, 1.165) is 6.54 Å². The van der Waals surface area contributed by atoms with Gasteiger partial charge in [0.2, 0.25) is 0 Å². The molecule has 1 aromatic carbocycles. The highest BCUT2D eigenvalue weighted by Crippen LogP contribution is 2.32. The van der Waals surface area contributed by atoms with Crippen molar-refractivity contribution in [3.8, 4) is 0 Å². The first-order valence-corrected chi connectivity index (χ1v) is 6.70. The standard InChI is InChI=1S/C15H24N2/c1-11(2)12(3)17(4)15-9-5-8-14-13(15)7-6-10-16-14/h5,8-9,11-12,16H,6-7,10H2,1-4H3. The summed E-state index contributed by atoms with van der Waals surface area (Å²) in [5.74, 6) is 0.674. The van der Waals surface area contributed by atoms with Gasteiger partial charge in [0, 0.05) is 31.0 Å².